The zero-order valence-corrected chi connectivity index (χ0v) is 19.0. The summed E-state index contributed by atoms with van der Waals surface area (Å²) in [5, 5.41) is 10.1. The average Bonchev–Trinajstić information content (AvgIpc) is 3.58. The van der Waals surface area contributed by atoms with Crippen molar-refractivity contribution in [1.29, 1.82) is 0 Å². The van der Waals surface area contributed by atoms with Crippen LogP contribution in [0.5, 0.6) is 0 Å². The largest absolute Gasteiger partial charge is 0.458 e. The Labute approximate surface area is 198 Å². The highest BCUT2D eigenvalue weighted by molar-refractivity contribution is 7.14. The monoisotopic (exact) mass is 479 g/mol. The SMILES string of the molecule is CC(=O)NCc1ccc(-c2csc(NC(=O)CN3C(=O)NC4(CCc5ccccc54)C3=O)n2)o1. The van der Waals surface area contributed by atoms with Crippen molar-refractivity contribution in [3.05, 3.63) is 58.7 Å². The summed E-state index contributed by atoms with van der Waals surface area (Å²) in [5.74, 6) is -0.0409. The first kappa shape index (κ1) is 21.8. The molecule has 0 bridgehead atoms. The lowest BCUT2D eigenvalue weighted by Crippen LogP contribution is -2.42. The fourth-order valence-electron chi connectivity index (χ4n) is 4.30. The lowest BCUT2D eigenvalue weighted by atomic mass is 9.92. The van der Waals surface area contributed by atoms with E-state index in [2.05, 4.69) is 20.9 Å². The number of rotatable bonds is 6. The van der Waals surface area contributed by atoms with Crippen LogP contribution in [-0.4, -0.2) is 40.2 Å². The lowest BCUT2D eigenvalue weighted by Gasteiger charge is -2.22. The number of amides is 5. The zero-order valence-electron chi connectivity index (χ0n) is 18.2. The van der Waals surface area contributed by atoms with Crippen molar-refractivity contribution in [3.63, 3.8) is 0 Å². The molecule has 1 unspecified atom stereocenters. The van der Waals surface area contributed by atoms with Crippen LogP contribution in [0.4, 0.5) is 9.93 Å². The van der Waals surface area contributed by atoms with Gasteiger partial charge in [-0.1, -0.05) is 24.3 Å². The molecule has 0 radical (unpaired) electrons. The highest BCUT2D eigenvalue weighted by Crippen LogP contribution is 2.41. The van der Waals surface area contributed by atoms with Crippen molar-refractivity contribution in [2.24, 2.45) is 0 Å². The van der Waals surface area contributed by atoms with Crippen molar-refractivity contribution < 1.29 is 23.6 Å². The number of fused-ring (bicyclic) bond motifs is 2. The molecule has 1 atom stereocenters. The molecule has 34 heavy (non-hydrogen) atoms. The van der Waals surface area contributed by atoms with E-state index >= 15 is 0 Å². The summed E-state index contributed by atoms with van der Waals surface area (Å²) >= 11 is 1.19. The summed E-state index contributed by atoms with van der Waals surface area (Å²) in [6, 6.07) is 10.4. The minimum atomic E-state index is -1.10. The van der Waals surface area contributed by atoms with Gasteiger partial charge in [0.2, 0.25) is 11.8 Å². The molecule has 1 fully saturated rings. The second kappa shape index (κ2) is 8.41. The molecule has 1 aliphatic heterocycles. The molecule has 5 rings (SSSR count). The number of hydrogen-bond donors (Lipinski definition) is 3. The number of nitrogens with zero attached hydrogens (tertiary/aromatic N) is 2. The van der Waals surface area contributed by atoms with Crippen molar-refractivity contribution in [3.8, 4) is 11.5 Å². The number of urea groups is 1. The number of aromatic nitrogens is 1. The summed E-state index contributed by atoms with van der Waals surface area (Å²) in [7, 11) is 0. The predicted molar refractivity (Wildman–Crippen MR) is 123 cm³/mol. The molecule has 3 N–H and O–H groups in total. The standard InChI is InChI=1S/C23H21N5O5S/c1-13(29)24-10-15-6-7-18(33-15)17-12-34-21(25-17)26-19(30)11-28-20(31)23(27-22(28)32)9-8-14-4-2-3-5-16(14)23/h2-7,12H,8-11H2,1H3,(H,24,29)(H,27,32)(H,25,26,30). The third-order valence-corrected chi connectivity index (χ3v) is 6.66. The molecule has 2 aliphatic rings. The number of aryl methyl sites for hydroxylation is 1. The zero-order chi connectivity index (χ0) is 23.9. The van der Waals surface area contributed by atoms with E-state index in [-0.39, 0.29) is 12.5 Å². The number of imide groups is 1. The smallest absolute Gasteiger partial charge is 0.325 e. The maximum Gasteiger partial charge on any atom is 0.325 e. The Balaban J connectivity index is 1.23. The highest BCUT2D eigenvalue weighted by atomic mass is 32.1. The number of nitrogens with one attached hydrogen (secondary N) is 3. The molecule has 10 nitrogen and oxygen atoms in total. The molecule has 1 spiro atoms. The Morgan fingerprint density at radius 2 is 2.06 bits per heavy atom. The molecule has 0 saturated carbocycles. The van der Waals surface area contributed by atoms with E-state index in [0.29, 0.717) is 35.2 Å². The molecule has 1 aliphatic carbocycles. The van der Waals surface area contributed by atoms with E-state index in [1.54, 1.807) is 17.5 Å². The maximum atomic E-state index is 13.2. The average molecular weight is 480 g/mol. The first-order valence-corrected chi connectivity index (χ1v) is 11.5. The fourth-order valence-corrected chi connectivity index (χ4v) is 5.02. The van der Waals surface area contributed by atoms with E-state index in [9.17, 15) is 19.2 Å². The van der Waals surface area contributed by atoms with Crippen molar-refractivity contribution in [1.82, 2.24) is 20.5 Å². The Bertz CT molecular complexity index is 1310. The van der Waals surface area contributed by atoms with E-state index in [0.717, 1.165) is 16.0 Å². The third kappa shape index (κ3) is 3.83. The van der Waals surface area contributed by atoms with Crippen LogP contribution in [-0.2, 0) is 32.9 Å². The second-order valence-corrected chi connectivity index (χ2v) is 9.00. The minimum Gasteiger partial charge on any atom is -0.458 e. The van der Waals surface area contributed by atoms with Gasteiger partial charge in [0.15, 0.2) is 10.9 Å². The molecule has 3 aromatic rings. The Morgan fingerprint density at radius 1 is 1.24 bits per heavy atom. The third-order valence-electron chi connectivity index (χ3n) is 5.90. The number of thiazole rings is 1. The topological polar surface area (TPSA) is 134 Å². The van der Waals surface area contributed by atoms with Crippen LogP contribution in [0, 0.1) is 0 Å². The summed E-state index contributed by atoms with van der Waals surface area (Å²) in [6.45, 7) is 1.27. The highest BCUT2D eigenvalue weighted by Gasteiger charge is 2.55. The van der Waals surface area contributed by atoms with Crippen LogP contribution in [0.2, 0.25) is 0 Å². The van der Waals surface area contributed by atoms with E-state index in [4.69, 9.17) is 4.42 Å². The van der Waals surface area contributed by atoms with Gasteiger partial charge in [-0.3, -0.25) is 19.3 Å². The number of carbonyl (C=O) groups excluding carboxylic acids is 4. The van der Waals surface area contributed by atoms with Crippen LogP contribution < -0.4 is 16.0 Å². The molecule has 1 saturated heterocycles. The van der Waals surface area contributed by atoms with Crippen LogP contribution in [0.1, 0.15) is 30.2 Å². The van der Waals surface area contributed by atoms with Crippen LogP contribution in [0.3, 0.4) is 0 Å². The predicted octanol–water partition coefficient (Wildman–Crippen LogP) is 2.37. The second-order valence-electron chi connectivity index (χ2n) is 8.15. The van der Waals surface area contributed by atoms with E-state index < -0.39 is 29.9 Å². The van der Waals surface area contributed by atoms with Crippen LogP contribution in [0.15, 0.2) is 46.2 Å². The van der Waals surface area contributed by atoms with Crippen LogP contribution in [0.25, 0.3) is 11.5 Å². The number of hydrogen-bond acceptors (Lipinski definition) is 7. The maximum absolute atomic E-state index is 13.2. The molecular formula is C23H21N5O5S. The van der Waals surface area contributed by atoms with Crippen molar-refractivity contribution in [2.75, 3.05) is 11.9 Å². The van der Waals surface area contributed by atoms with Crippen molar-refractivity contribution >= 4 is 40.2 Å². The Kier molecular flexibility index (Phi) is 5.40. The summed E-state index contributed by atoms with van der Waals surface area (Å²) < 4.78 is 5.67. The Hall–Kier alpha value is -3.99. The number of anilines is 1. The number of carbonyl (C=O) groups is 4. The van der Waals surface area contributed by atoms with Gasteiger partial charge in [0, 0.05) is 12.3 Å². The molecule has 1 aromatic carbocycles. The van der Waals surface area contributed by atoms with Gasteiger partial charge in [0.05, 0.1) is 6.54 Å². The quantitative estimate of drug-likeness (QED) is 0.465. The number of benzene rings is 1. The molecule has 3 heterocycles. The summed E-state index contributed by atoms with van der Waals surface area (Å²) in [5.41, 5.74) is 1.23. The lowest BCUT2D eigenvalue weighted by molar-refractivity contribution is -0.134. The van der Waals surface area contributed by atoms with Gasteiger partial charge in [-0.15, -0.1) is 11.3 Å². The fraction of sp³-hybridized carbons (Fsp3) is 0.261. The van der Waals surface area contributed by atoms with Crippen LogP contribution >= 0.6 is 11.3 Å². The summed E-state index contributed by atoms with van der Waals surface area (Å²) in [4.78, 5) is 54.7. The molecule has 5 amide bonds. The number of furan rings is 1. The molecule has 174 valence electrons. The van der Waals surface area contributed by atoms with E-state index in [1.165, 1.54) is 18.3 Å². The van der Waals surface area contributed by atoms with Gasteiger partial charge in [0.25, 0.3) is 5.91 Å². The minimum absolute atomic E-state index is 0.162. The van der Waals surface area contributed by atoms with Gasteiger partial charge in [-0.25, -0.2) is 9.78 Å². The molecular weight excluding hydrogens is 458 g/mol. The summed E-state index contributed by atoms with van der Waals surface area (Å²) in [6.07, 6.45) is 1.15. The molecule has 2 aromatic heterocycles. The van der Waals surface area contributed by atoms with Gasteiger partial charge in [0.1, 0.15) is 23.5 Å². The van der Waals surface area contributed by atoms with E-state index in [1.807, 2.05) is 24.3 Å². The normalized spacial score (nSPS) is 18.8. The van der Waals surface area contributed by atoms with Gasteiger partial charge in [-0.2, -0.15) is 0 Å². The van der Waals surface area contributed by atoms with Gasteiger partial charge in [-0.05, 0) is 36.1 Å². The first-order valence-electron chi connectivity index (χ1n) is 10.7. The first-order chi connectivity index (χ1) is 16.4. The molecule has 11 heteroatoms. The van der Waals surface area contributed by atoms with Gasteiger partial charge >= 0.3 is 6.03 Å². The van der Waals surface area contributed by atoms with Gasteiger partial charge < -0.3 is 20.4 Å². The Morgan fingerprint density at radius 3 is 2.88 bits per heavy atom. The van der Waals surface area contributed by atoms with Crippen molar-refractivity contribution in [2.45, 2.75) is 31.8 Å².